The summed E-state index contributed by atoms with van der Waals surface area (Å²) in [6.07, 6.45) is 0. The quantitative estimate of drug-likeness (QED) is 0.0721. The zero-order chi connectivity index (χ0) is 42.1. The summed E-state index contributed by atoms with van der Waals surface area (Å²) in [7, 11) is -2.91. The molecule has 0 bridgehead atoms. The number of carboxylic acids is 4. The third-order valence-corrected chi connectivity index (χ3v) is 13.0. The summed E-state index contributed by atoms with van der Waals surface area (Å²) < 4.78 is 11.6. The fraction of sp³-hybridized carbons (Fsp3) is 0.158. The molecule has 0 fully saturated rings. The van der Waals surface area contributed by atoms with Gasteiger partial charge < -0.3 is 28.7 Å². The number of ketones is 4. The molecule has 0 amide bonds. The van der Waals surface area contributed by atoms with Gasteiger partial charge in [0.1, 0.15) is 0 Å². The van der Waals surface area contributed by atoms with Crippen molar-refractivity contribution >= 4 is 73.7 Å². The molecule has 0 aromatic heterocycles. The van der Waals surface area contributed by atoms with Crippen LogP contribution in [0.1, 0.15) is 41.4 Å². The third-order valence-electron chi connectivity index (χ3n) is 5.82. The number of rotatable bonds is 12. The van der Waals surface area contributed by atoms with Crippen molar-refractivity contribution in [2.24, 2.45) is 0 Å². The van der Waals surface area contributed by atoms with Gasteiger partial charge in [-0.2, -0.15) is 0 Å². The predicted octanol–water partition coefficient (Wildman–Crippen LogP) is 6.03. The maximum atomic E-state index is 10.7. The average molecular weight is 985 g/mol. The van der Waals surface area contributed by atoms with Crippen molar-refractivity contribution in [1.29, 1.82) is 0 Å². The SMILES string of the molecule is C[Si](C)O[Si](C)(C)O[Si](C)C.O=C(O)C(=O)c1ccccc1.O=C(O)C(=O)c1ccccc1.O=C(O)C(=O)c1ccccc1.O=C(O)C(=O)c1ccccc1.[Y].[Y]. The number of benzene rings is 4. The molecule has 14 nitrogen and oxygen atoms in total. The molecular weight excluding hydrogens is 942 g/mol. The van der Waals surface area contributed by atoms with Gasteiger partial charge in [-0.05, 0) is 39.3 Å². The van der Waals surface area contributed by atoms with Crippen LogP contribution in [0.4, 0.5) is 0 Å². The Balaban J connectivity index is -0.000000634. The van der Waals surface area contributed by atoms with Crippen molar-refractivity contribution < 1.29 is 132 Å². The van der Waals surface area contributed by atoms with Gasteiger partial charge in [-0.3, -0.25) is 19.2 Å². The first kappa shape index (κ1) is 57.5. The van der Waals surface area contributed by atoms with E-state index in [1.54, 1.807) is 72.8 Å². The normalized spacial score (nSPS) is 9.54. The largest absolute Gasteiger partial charge is 0.475 e. The van der Waals surface area contributed by atoms with Crippen LogP contribution in [-0.4, -0.2) is 94.1 Å². The zero-order valence-electron chi connectivity index (χ0n) is 32.1. The van der Waals surface area contributed by atoms with Crippen LogP contribution in [0.3, 0.4) is 0 Å². The van der Waals surface area contributed by atoms with E-state index in [4.69, 9.17) is 28.7 Å². The van der Waals surface area contributed by atoms with Crippen LogP contribution in [0.2, 0.25) is 39.3 Å². The summed E-state index contributed by atoms with van der Waals surface area (Å²) >= 11 is 0. The summed E-state index contributed by atoms with van der Waals surface area (Å²) in [6, 6.07) is 31.6. The Morgan fingerprint density at radius 1 is 0.386 bits per heavy atom. The molecular formula is C38H42O14Si3Y2. The van der Waals surface area contributed by atoms with Crippen LogP contribution in [0.5, 0.6) is 0 Å². The van der Waals surface area contributed by atoms with Crippen molar-refractivity contribution in [2.45, 2.75) is 39.3 Å². The monoisotopic (exact) mass is 984 g/mol. The number of carbonyl (C=O) groups excluding carboxylic acids is 4. The second-order valence-corrected chi connectivity index (χ2v) is 19.5. The second kappa shape index (κ2) is 31.2. The number of hydrogen-bond donors (Lipinski definition) is 4. The first-order valence-electron chi connectivity index (χ1n) is 16.0. The molecule has 0 spiro atoms. The van der Waals surface area contributed by atoms with E-state index in [1.165, 1.54) is 48.5 Å². The standard InChI is InChI=1S/4C8H6O3.C6H18O2Si3.2Y/c4*9-7(8(10)11)6-4-2-1-3-5-6;1-9(2)7-11(5,6)8-10(3)4;;/h4*1-5H,(H,10,11);1-6H3;;. The van der Waals surface area contributed by atoms with E-state index in [0.717, 1.165) is 0 Å². The minimum absolute atomic E-state index is 0. The Labute approximate surface area is 385 Å². The van der Waals surface area contributed by atoms with E-state index in [9.17, 15) is 38.4 Å². The van der Waals surface area contributed by atoms with Crippen LogP contribution in [0, 0.1) is 0 Å². The molecule has 4 N–H and O–H groups in total. The average Bonchev–Trinajstić information content (AvgIpc) is 3.14. The van der Waals surface area contributed by atoms with Gasteiger partial charge in [0, 0.05) is 87.7 Å². The Hall–Kier alpha value is -3.78. The van der Waals surface area contributed by atoms with Crippen LogP contribution < -0.4 is 0 Å². The minimum Gasteiger partial charge on any atom is -0.475 e. The molecule has 57 heavy (non-hydrogen) atoms. The fourth-order valence-corrected chi connectivity index (χ4v) is 12.3. The summed E-state index contributed by atoms with van der Waals surface area (Å²) in [5, 5.41) is 33.1. The van der Waals surface area contributed by atoms with Crippen molar-refractivity contribution in [3.05, 3.63) is 144 Å². The van der Waals surface area contributed by atoms with Gasteiger partial charge in [-0.1, -0.05) is 121 Å². The number of Topliss-reactive ketones (excluding diaryl/α,β-unsaturated/α-hetero) is 4. The molecule has 4 aromatic carbocycles. The van der Waals surface area contributed by atoms with Crippen LogP contribution in [0.25, 0.3) is 0 Å². The first-order chi connectivity index (χ1) is 25.7. The van der Waals surface area contributed by atoms with E-state index in [0.29, 0.717) is 0 Å². The molecule has 0 saturated heterocycles. The molecule has 4 rings (SSSR count). The Kier molecular flexibility index (Phi) is 31.5. The zero-order valence-corrected chi connectivity index (χ0v) is 40.7. The van der Waals surface area contributed by atoms with Crippen molar-refractivity contribution in [2.75, 3.05) is 0 Å². The minimum atomic E-state index is -1.74. The molecule has 0 saturated carbocycles. The first-order valence-corrected chi connectivity index (χ1v) is 23.6. The van der Waals surface area contributed by atoms with Crippen molar-refractivity contribution in [1.82, 2.24) is 0 Å². The molecule has 4 aromatic rings. The molecule has 0 atom stereocenters. The van der Waals surface area contributed by atoms with Crippen LogP contribution in [0.15, 0.2) is 121 Å². The van der Waals surface area contributed by atoms with Gasteiger partial charge in [0.25, 0.3) is 23.1 Å². The summed E-state index contributed by atoms with van der Waals surface area (Å²) in [4.78, 5) is 83.6. The van der Waals surface area contributed by atoms with Crippen LogP contribution in [-0.2, 0) is 92.8 Å². The van der Waals surface area contributed by atoms with E-state index >= 15 is 0 Å². The van der Waals surface area contributed by atoms with Crippen molar-refractivity contribution in [3.63, 3.8) is 0 Å². The summed E-state index contributed by atoms with van der Waals surface area (Å²) in [5.41, 5.74) is 0.833. The molecule has 19 heteroatoms. The van der Waals surface area contributed by atoms with Gasteiger partial charge in [-0.15, -0.1) is 0 Å². The number of hydrogen-bond acceptors (Lipinski definition) is 10. The van der Waals surface area contributed by atoms with E-state index in [2.05, 4.69) is 39.3 Å². The van der Waals surface area contributed by atoms with E-state index in [1.807, 2.05) is 0 Å². The van der Waals surface area contributed by atoms with Crippen molar-refractivity contribution in [3.8, 4) is 0 Å². The van der Waals surface area contributed by atoms with Gasteiger partial charge in [-0.25, -0.2) is 19.2 Å². The van der Waals surface area contributed by atoms with Gasteiger partial charge in [0.15, 0.2) is 18.1 Å². The predicted molar refractivity (Wildman–Crippen MR) is 208 cm³/mol. The number of carbonyl (C=O) groups is 8. The number of aliphatic carboxylic acids is 4. The fourth-order valence-electron chi connectivity index (χ4n) is 3.86. The van der Waals surface area contributed by atoms with E-state index in [-0.39, 0.29) is 87.7 Å². The molecule has 0 aliphatic rings. The summed E-state index contributed by atoms with van der Waals surface area (Å²) in [6.45, 7) is 12.9. The smallest absolute Gasteiger partial charge is 0.377 e. The Morgan fingerprint density at radius 3 is 0.667 bits per heavy atom. The van der Waals surface area contributed by atoms with Gasteiger partial charge in [0.2, 0.25) is 0 Å². The summed E-state index contributed by atoms with van der Waals surface area (Å²) in [5.74, 6) is -9.16. The van der Waals surface area contributed by atoms with Crippen LogP contribution >= 0.6 is 0 Å². The molecule has 0 aliphatic heterocycles. The molecule has 0 aliphatic carbocycles. The van der Waals surface area contributed by atoms with Gasteiger partial charge >= 0.3 is 32.4 Å². The second-order valence-electron chi connectivity index (χ2n) is 11.4. The topological polar surface area (TPSA) is 236 Å². The molecule has 0 heterocycles. The third kappa shape index (κ3) is 26.7. The number of carboxylic acid groups (broad SMARTS) is 4. The maximum Gasteiger partial charge on any atom is 0.377 e. The molecule has 0 unspecified atom stereocenters. The molecule has 296 valence electrons. The van der Waals surface area contributed by atoms with Gasteiger partial charge in [0.05, 0.1) is 0 Å². The Morgan fingerprint density at radius 2 is 0.544 bits per heavy atom. The Bertz CT molecular complexity index is 1610. The molecule has 4 radical (unpaired) electrons. The van der Waals surface area contributed by atoms with E-state index < -0.39 is 73.7 Å². The maximum absolute atomic E-state index is 10.7.